The molecule has 1 aromatic rings. The number of carboxylic acids is 1. The van der Waals surface area contributed by atoms with Gasteiger partial charge in [0.2, 0.25) is 0 Å². The molecule has 0 amide bonds. The van der Waals surface area contributed by atoms with E-state index >= 15 is 0 Å². The lowest BCUT2D eigenvalue weighted by Crippen LogP contribution is -2.04. The molecule has 4 nitrogen and oxygen atoms in total. The average molecular weight is 152 g/mol. The van der Waals surface area contributed by atoms with E-state index in [2.05, 4.69) is 4.98 Å². The summed E-state index contributed by atoms with van der Waals surface area (Å²) >= 11 is 0. The Kier molecular flexibility index (Phi) is 1.76. The summed E-state index contributed by atoms with van der Waals surface area (Å²) in [5.41, 5.74) is 6.49. The number of nitrogens with two attached hydrogens (primary N) is 1. The fourth-order valence-corrected chi connectivity index (χ4v) is 0.746. The number of anilines is 1. The number of rotatable bonds is 1. The first kappa shape index (κ1) is 7.53. The Bertz CT molecular complexity index is 296. The number of aromatic nitrogens is 1. The van der Waals surface area contributed by atoms with E-state index in [1.54, 1.807) is 6.92 Å². The summed E-state index contributed by atoms with van der Waals surface area (Å²) in [6.07, 6.45) is 2.77. The van der Waals surface area contributed by atoms with Crippen molar-refractivity contribution < 1.29 is 9.90 Å². The van der Waals surface area contributed by atoms with Crippen LogP contribution in [0.4, 0.5) is 5.69 Å². The van der Waals surface area contributed by atoms with Crippen LogP contribution in [0.25, 0.3) is 0 Å². The lowest BCUT2D eigenvalue weighted by atomic mass is 10.2. The van der Waals surface area contributed by atoms with Crippen molar-refractivity contribution in [2.45, 2.75) is 6.92 Å². The highest BCUT2D eigenvalue weighted by atomic mass is 16.4. The Morgan fingerprint density at radius 2 is 2.27 bits per heavy atom. The fourth-order valence-electron chi connectivity index (χ4n) is 0.746. The van der Waals surface area contributed by atoms with Gasteiger partial charge in [0.05, 0.1) is 5.69 Å². The van der Waals surface area contributed by atoms with Gasteiger partial charge in [0.15, 0.2) is 0 Å². The molecule has 1 heterocycles. The Morgan fingerprint density at radius 3 is 2.73 bits per heavy atom. The molecular weight excluding hydrogens is 144 g/mol. The summed E-state index contributed by atoms with van der Waals surface area (Å²) < 4.78 is 0. The quantitative estimate of drug-likeness (QED) is 0.620. The molecule has 0 saturated carbocycles. The molecule has 0 saturated heterocycles. The van der Waals surface area contributed by atoms with E-state index in [0.29, 0.717) is 5.56 Å². The van der Waals surface area contributed by atoms with E-state index in [9.17, 15) is 4.79 Å². The van der Waals surface area contributed by atoms with Crippen molar-refractivity contribution in [1.29, 1.82) is 0 Å². The van der Waals surface area contributed by atoms with Gasteiger partial charge in [0, 0.05) is 12.4 Å². The molecule has 0 radical (unpaired) electrons. The van der Waals surface area contributed by atoms with Gasteiger partial charge in [-0.1, -0.05) is 0 Å². The van der Waals surface area contributed by atoms with Crippen molar-refractivity contribution >= 4 is 11.7 Å². The molecule has 0 spiro atoms. The number of nitrogens with zero attached hydrogens (tertiary/aromatic N) is 1. The van der Waals surface area contributed by atoms with Crippen molar-refractivity contribution in [3.63, 3.8) is 0 Å². The van der Waals surface area contributed by atoms with Crippen molar-refractivity contribution in [3.05, 3.63) is 23.5 Å². The SMILES string of the molecule is Cc1cncc(C(=O)O)c1N. The van der Waals surface area contributed by atoms with Crippen LogP contribution in [0.2, 0.25) is 0 Å². The molecule has 1 aromatic heterocycles. The largest absolute Gasteiger partial charge is 0.478 e. The third-order valence-electron chi connectivity index (χ3n) is 1.42. The molecule has 0 bridgehead atoms. The summed E-state index contributed by atoms with van der Waals surface area (Å²) in [5, 5.41) is 8.57. The molecule has 0 aliphatic rings. The number of nitrogen functional groups attached to an aromatic ring is 1. The second kappa shape index (κ2) is 2.57. The van der Waals surface area contributed by atoms with E-state index < -0.39 is 5.97 Å². The van der Waals surface area contributed by atoms with Gasteiger partial charge in [-0.05, 0) is 12.5 Å². The third kappa shape index (κ3) is 1.29. The number of pyridine rings is 1. The molecular formula is C7H8N2O2. The third-order valence-corrected chi connectivity index (χ3v) is 1.42. The molecule has 0 aliphatic heterocycles. The number of hydrogen-bond acceptors (Lipinski definition) is 3. The van der Waals surface area contributed by atoms with Crippen LogP contribution in [0.5, 0.6) is 0 Å². The van der Waals surface area contributed by atoms with Crippen LogP contribution in [0.1, 0.15) is 15.9 Å². The van der Waals surface area contributed by atoms with Crippen molar-refractivity contribution in [2.24, 2.45) is 0 Å². The van der Waals surface area contributed by atoms with E-state index in [1.807, 2.05) is 0 Å². The zero-order valence-electron chi connectivity index (χ0n) is 6.03. The maximum Gasteiger partial charge on any atom is 0.339 e. The van der Waals surface area contributed by atoms with Crippen molar-refractivity contribution in [3.8, 4) is 0 Å². The number of carboxylic acid groups (broad SMARTS) is 1. The number of aromatic carboxylic acids is 1. The normalized spacial score (nSPS) is 9.55. The monoisotopic (exact) mass is 152 g/mol. The average Bonchev–Trinajstić information content (AvgIpc) is 1.94. The van der Waals surface area contributed by atoms with Gasteiger partial charge in [0.1, 0.15) is 5.56 Å². The molecule has 4 heteroatoms. The highest BCUT2D eigenvalue weighted by Crippen LogP contribution is 2.13. The zero-order chi connectivity index (χ0) is 8.43. The number of aryl methyl sites for hydroxylation is 1. The van der Waals surface area contributed by atoms with Gasteiger partial charge < -0.3 is 10.8 Å². The minimum atomic E-state index is -1.04. The van der Waals surface area contributed by atoms with Crippen LogP contribution in [0.15, 0.2) is 12.4 Å². The van der Waals surface area contributed by atoms with Crippen LogP contribution in [-0.2, 0) is 0 Å². The topological polar surface area (TPSA) is 76.2 Å². The first-order chi connectivity index (χ1) is 5.13. The van der Waals surface area contributed by atoms with Crippen LogP contribution in [-0.4, -0.2) is 16.1 Å². The molecule has 0 atom stereocenters. The van der Waals surface area contributed by atoms with Gasteiger partial charge in [-0.15, -0.1) is 0 Å². The van der Waals surface area contributed by atoms with Gasteiger partial charge in [-0.3, -0.25) is 4.98 Å². The number of carbonyl (C=O) groups is 1. The maximum absolute atomic E-state index is 10.5. The Labute approximate surface area is 63.7 Å². The minimum Gasteiger partial charge on any atom is -0.478 e. The zero-order valence-corrected chi connectivity index (χ0v) is 6.03. The standard InChI is InChI=1S/C7H8N2O2/c1-4-2-9-3-5(6(4)8)7(10)11/h2-3H,1H3,(H2,8,9)(H,10,11). The van der Waals surface area contributed by atoms with E-state index in [4.69, 9.17) is 10.8 Å². The molecule has 58 valence electrons. The summed E-state index contributed by atoms with van der Waals surface area (Å²) in [6, 6.07) is 0. The second-order valence-corrected chi connectivity index (χ2v) is 2.22. The van der Waals surface area contributed by atoms with E-state index in [-0.39, 0.29) is 11.3 Å². The van der Waals surface area contributed by atoms with Crippen molar-refractivity contribution in [2.75, 3.05) is 5.73 Å². The first-order valence-corrected chi connectivity index (χ1v) is 3.06. The number of hydrogen-bond donors (Lipinski definition) is 2. The Morgan fingerprint density at radius 1 is 1.64 bits per heavy atom. The van der Waals surface area contributed by atoms with Gasteiger partial charge in [-0.2, -0.15) is 0 Å². The van der Waals surface area contributed by atoms with Gasteiger partial charge >= 0.3 is 5.97 Å². The molecule has 0 aromatic carbocycles. The van der Waals surface area contributed by atoms with E-state index in [0.717, 1.165) is 0 Å². The summed E-state index contributed by atoms with van der Waals surface area (Å²) in [7, 11) is 0. The molecule has 1 rings (SSSR count). The molecule has 3 N–H and O–H groups in total. The van der Waals surface area contributed by atoms with Crippen LogP contribution in [0, 0.1) is 6.92 Å². The molecule has 0 unspecified atom stereocenters. The summed E-state index contributed by atoms with van der Waals surface area (Å²) in [4.78, 5) is 14.2. The highest BCUT2D eigenvalue weighted by molar-refractivity contribution is 5.93. The lowest BCUT2D eigenvalue weighted by molar-refractivity contribution is 0.0697. The predicted molar refractivity (Wildman–Crippen MR) is 40.3 cm³/mol. The minimum absolute atomic E-state index is 0.0602. The van der Waals surface area contributed by atoms with Crippen LogP contribution in [0.3, 0.4) is 0 Å². The summed E-state index contributed by atoms with van der Waals surface area (Å²) in [6.45, 7) is 1.72. The Balaban J connectivity index is 3.27. The van der Waals surface area contributed by atoms with Gasteiger partial charge in [0.25, 0.3) is 0 Å². The maximum atomic E-state index is 10.5. The highest BCUT2D eigenvalue weighted by Gasteiger charge is 2.08. The van der Waals surface area contributed by atoms with Crippen LogP contribution >= 0.6 is 0 Å². The second-order valence-electron chi connectivity index (χ2n) is 2.22. The lowest BCUT2D eigenvalue weighted by Gasteiger charge is -2.01. The summed E-state index contributed by atoms with van der Waals surface area (Å²) in [5.74, 6) is -1.04. The molecule has 0 aliphatic carbocycles. The van der Waals surface area contributed by atoms with E-state index in [1.165, 1.54) is 12.4 Å². The smallest absolute Gasteiger partial charge is 0.339 e. The van der Waals surface area contributed by atoms with Crippen molar-refractivity contribution in [1.82, 2.24) is 4.98 Å². The molecule has 0 fully saturated rings. The predicted octanol–water partition coefficient (Wildman–Crippen LogP) is 0.670. The fraction of sp³-hybridized carbons (Fsp3) is 0.143. The van der Waals surface area contributed by atoms with Gasteiger partial charge in [-0.25, -0.2) is 4.79 Å². The molecule has 11 heavy (non-hydrogen) atoms. The Hall–Kier alpha value is -1.58. The first-order valence-electron chi connectivity index (χ1n) is 3.06. The van der Waals surface area contributed by atoms with Crippen LogP contribution < -0.4 is 5.73 Å².